The first kappa shape index (κ1) is 24.4. The summed E-state index contributed by atoms with van der Waals surface area (Å²) in [5, 5.41) is 5.86. The molecule has 0 spiro atoms. The molecular formula is C28H29N3O3S. The number of benzene rings is 3. The highest BCUT2D eigenvalue weighted by molar-refractivity contribution is 7.80. The molecule has 4 rings (SSSR count). The van der Waals surface area contributed by atoms with Crippen LogP contribution in [-0.2, 0) is 6.42 Å². The van der Waals surface area contributed by atoms with Crippen LogP contribution in [0.1, 0.15) is 45.5 Å². The second-order valence-electron chi connectivity index (χ2n) is 8.39. The maximum atomic E-state index is 13.0. The summed E-state index contributed by atoms with van der Waals surface area (Å²) in [7, 11) is 0. The number of amides is 2. The van der Waals surface area contributed by atoms with Crippen LogP contribution in [-0.4, -0.2) is 41.5 Å². The first-order valence-corrected chi connectivity index (χ1v) is 12.3. The normalized spacial score (nSPS) is 13.1. The Hall–Kier alpha value is -3.71. The summed E-state index contributed by atoms with van der Waals surface area (Å²) in [4.78, 5) is 27.9. The van der Waals surface area contributed by atoms with Gasteiger partial charge in [-0.25, -0.2) is 0 Å². The summed E-state index contributed by atoms with van der Waals surface area (Å²) in [5.41, 5.74) is 2.66. The van der Waals surface area contributed by atoms with Crippen LogP contribution in [0.15, 0.2) is 78.9 Å². The largest absolute Gasteiger partial charge is 0.492 e. The van der Waals surface area contributed by atoms with Crippen LogP contribution >= 0.6 is 12.2 Å². The summed E-state index contributed by atoms with van der Waals surface area (Å²) in [6.07, 6.45) is 3.92. The molecule has 0 aromatic heterocycles. The van der Waals surface area contributed by atoms with Crippen LogP contribution in [0.3, 0.4) is 0 Å². The predicted octanol–water partition coefficient (Wildman–Crippen LogP) is 5.06. The molecule has 7 heteroatoms. The molecular weight excluding hydrogens is 458 g/mol. The molecule has 3 aromatic carbocycles. The minimum absolute atomic E-state index is 0.0286. The van der Waals surface area contributed by atoms with E-state index in [1.807, 2.05) is 53.4 Å². The molecule has 1 heterocycles. The van der Waals surface area contributed by atoms with Gasteiger partial charge >= 0.3 is 0 Å². The fourth-order valence-corrected chi connectivity index (χ4v) is 4.28. The molecule has 0 bridgehead atoms. The predicted molar refractivity (Wildman–Crippen MR) is 142 cm³/mol. The van der Waals surface area contributed by atoms with E-state index in [0.29, 0.717) is 29.2 Å². The Kier molecular flexibility index (Phi) is 8.46. The van der Waals surface area contributed by atoms with Crippen LogP contribution in [0.2, 0.25) is 0 Å². The zero-order valence-electron chi connectivity index (χ0n) is 19.5. The Balaban J connectivity index is 1.38. The number of likely N-dealkylation sites (tertiary alicyclic amines) is 1. The lowest BCUT2D eigenvalue weighted by Gasteiger charge is -2.27. The minimum Gasteiger partial charge on any atom is -0.492 e. The summed E-state index contributed by atoms with van der Waals surface area (Å²) in [5.74, 6) is 0.0844. The fraction of sp³-hybridized carbons (Fsp3) is 0.250. The first-order valence-electron chi connectivity index (χ1n) is 11.9. The third kappa shape index (κ3) is 6.67. The maximum Gasteiger partial charge on any atom is 0.261 e. The average Bonchev–Trinajstić information content (AvgIpc) is 2.90. The van der Waals surface area contributed by atoms with Crippen molar-refractivity contribution in [2.45, 2.75) is 25.7 Å². The second kappa shape index (κ2) is 12.1. The fourth-order valence-electron chi connectivity index (χ4n) is 4.07. The number of rotatable bonds is 7. The van der Waals surface area contributed by atoms with E-state index in [4.69, 9.17) is 17.0 Å². The van der Waals surface area contributed by atoms with E-state index < -0.39 is 0 Å². The summed E-state index contributed by atoms with van der Waals surface area (Å²) in [6, 6.07) is 24.3. The molecule has 0 saturated carbocycles. The van der Waals surface area contributed by atoms with Gasteiger partial charge in [0, 0.05) is 19.5 Å². The smallest absolute Gasteiger partial charge is 0.261 e. The van der Waals surface area contributed by atoms with Gasteiger partial charge in [0.15, 0.2) is 5.11 Å². The molecule has 2 amide bonds. The van der Waals surface area contributed by atoms with Gasteiger partial charge in [0.05, 0.1) is 23.4 Å². The highest BCUT2D eigenvalue weighted by Gasteiger charge is 2.21. The van der Waals surface area contributed by atoms with Gasteiger partial charge in [0.2, 0.25) is 0 Å². The Morgan fingerprint density at radius 1 is 0.829 bits per heavy atom. The number of thiocarbonyl (C=S) groups is 1. The second-order valence-corrected chi connectivity index (χ2v) is 8.80. The topological polar surface area (TPSA) is 70.7 Å². The summed E-state index contributed by atoms with van der Waals surface area (Å²) < 4.78 is 5.91. The number of carbonyl (C=O) groups excluding carboxylic acids is 2. The van der Waals surface area contributed by atoms with Crippen molar-refractivity contribution in [3.8, 4) is 5.75 Å². The Bertz CT molecular complexity index is 1180. The minimum atomic E-state index is -0.377. The molecule has 0 radical (unpaired) electrons. The van der Waals surface area contributed by atoms with Crippen LogP contribution < -0.4 is 15.4 Å². The lowest BCUT2D eigenvalue weighted by Crippen LogP contribution is -2.37. The molecule has 180 valence electrons. The zero-order valence-corrected chi connectivity index (χ0v) is 20.4. The molecule has 1 aliphatic rings. The van der Waals surface area contributed by atoms with E-state index in [0.717, 1.165) is 44.3 Å². The summed E-state index contributed by atoms with van der Waals surface area (Å²) in [6.45, 7) is 1.97. The highest BCUT2D eigenvalue weighted by Crippen LogP contribution is 2.21. The van der Waals surface area contributed by atoms with Crippen LogP contribution in [0, 0.1) is 0 Å². The Morgan fingerprint density at radius 3 is 2.26 bits per heavy atom. The number of piperidine rings is 1. The number of anilines is 1. The van der Waals surface area contributed by atoms with Gasteiger partial charge in [-0.15, -0.1) is 0 Å². The number of hydrogen-bond donors (Lipinski definition) is 2. The SMILES string of the molecule is O=C(NC(=S)Nc1ccccc1C(=O)N1CCCCC1)c1ccccc1OCCc1ccccc1. The first-order chi connectivity index (χ1) is 17.1. The van der Waals surface area contributed by atoms with E-state index in [1.54, 1.807) is 30.3 Å². The van der Waals surface area contributed by atoms with E-state index >= 15 is 0 Å². The molecule has 35 heavy (non-hydrogen) atoms. The maximum absolute atomic E-state index is 13.0. The van der Waals surface area contributed by atoms with Gasteiger partial charge in [-0.2, -0.15) is 0 Å². The van der Waals surface area contributed by atoms with Crippen molar-refractivity contribution in [3.05, 3.63) is 95.6 Å². The van der Waals surface area contributed by atoms with Crippen molar-refractivity contribution < 1.29 is 14.3 Å². The standard InChI is InChI=1S/C28H29N3O3S/c32-26(23-14-6-8-16-25(23)34-20-17-21-11-3-1-4-12-21)30-28(35)29-24-15-7-5-13-22(24)27(33)31-18-9-2-10-19-31/h1,3-8,11-16H,2,9-10,17-20H2,(H2,29,30,32,35). The zero-order chi connectivity index (χ0) is 24.5. The van der Waals surface area contributed by atoms with Crippen LogP contribution in [0.4, 0.5) is 5.69 Å². The quantitative estimate of drug-likeness (QED) is 0.456. The molecule has 1 saturated heterocycles. The number of para-hydroxylation sites is 2. The Morgan fingerprint density at radius 2 is 1.49 bits per heavy atom. The highest BCUT2D eigenvalue weighted by atomic mass is 32.1. The van der Waals surface area contributed by atoms with Gasteiger partial charge < -0.3 is 15.0 Å². The molecule has 6 nitrogen and oxygen atoms in total. The van der Waals surface area contributed by atoms with Crippen LogP contribution in [0.5, 0.6) is 5.75 Å². The lowest BCUT2D eigenvalue weighted by molar-refractivity contribution is 0.0725. The van der Waals surface area contributed by atoms with Gasteiger partial charge in [-0.1, -0.05) is 54.6 Å². The van der Waals surface area contributed by atoms with Crippen molar-refractivity contribution in [1.82, 2.24) is 10.2 Å². The van der Waals surface area contributed by atoms with E-state index in [1.165, 1.54) is 0 Å². The molecule has 3 aromatic rings. The Labute approximate surface area is 211 Å². The average molecular weight is 488 g/mol. The number of carbonyl (C=O) groups is 2. The summed E-state index contributed by atoms with van der Waals surface area (Å²) >= 11 is 5.40. The van der Waals surface area contributed by atoms with Gasteiger partial charge in [-0.05, 0) is 61.3 Å². The van der Waals surface area contributed by atoms with E-state index in [-0.39, 0.29) is 16.9 Å². The third-order valence-electron chi connectivity index (χ3n) is 5.90. The number of ether oxygens (including phenoxy) is 1. The van der Waals surface area contributed by atoms with Gasteiger partial charge in [-0.3, -0.25) is 14.9 Å². The van der Waals surface area contributed by atoms with Crippen molar-refractivity contribution in [2.24, 2.45) is 0 Å². The number of nitrogens with one attached hydrogen (secondary N) is 2. The number of nitrogens with zero attached hydrogens (tertiary/aromatic N) is 1. The molecule has 1 fully saturated rings. The van der Waals surface area contributed by atoms with Crippen molar-refractivity contribution in [2.75, 3.05) is 25.0 Å². The third-order valence-corrected chi connectivity index (χ3v) is 6.10. The molecule has 0 atom stereocenters. The molecule has 0 aliphatic carbocycles. The van der Waals surface area contributed by atoms with Crippen molar-refractivity contribution in [3.63, 3.8) is 0 Å². The van der Waals surface area contributed by atoms with E-state index in [2.05, 4.69) is 10.6 Å². The van der Waals surface area contributed by atoms with E-state index in [9.17, 15) is 9.59 Å². The molecule has 2 N–H and O–H groups in total. The molecule has 1 aliphatic heterocycles. The molecule has 0 unspecified atom stereocenters. The van der Waals surface area contributed by atoms with Gasteiger partial charge in [0.1, 0.15) is 5.75 Å². The van der Waals surface area contributed by atoms with Crippen molar-refractivity contribution in [1.29, 1.82) is 0 Å². The monoisotopic (exact) mass is 487 g/mol. The van der Waals surface area contributed by atoms with Crippen LogP contribution in [0.25, 0.3) is 0 Å². The van der Waals surface area contributed by atoms with Gasteiger partial charge in [0.25, 0.3) is 11.8 Å². The lowest BCUT2D eigenvalue weighted by atomic mass is 10.1. The number of hydrogen-bond acceptors (Lipinski definition) is 4. The van der Waals surface area contributed by atoms with Crippen molar-refractivity contribution >= 4 is 34.8 Å².